The van der Waals surface area contributed by atoms with E-state index < -0.39 is 47.0 Å². The lowest BCUT2D eigenvalue weighted by atomic mass is 9.68. The predicted molar refractivity (Wildman–Crippen MR) is 186 cm³/mol. The van der Waals surface area contributed by atoms with Gasteiger partial charge in [-0.1, -0.05) is 52.7 Å². The summed E-state index contributed by atoms with van der Waals surface area (Å²) in [4.78, 5) is 57.5. The van der Waals surface area contributed by atoms with E-state index in [1.54, 1.807) is 24.3 Å². The monoisotopic (exact) mass is 775 g/mol. The van der Waals surface area contributed by atoms with E-state index in [0.29, 0.717) is 33.7 Å². The lowest BCUT2D eigenvalue weighted by Gasteiger charge is -2.43. The number of thioether (sulfide) groups is 1. The van der Waals surface area contributed by atoms with E-state index in [0.717, 1.165) is 32.7 Å². The third-order valence-electron chi connectivity index (χ3n) is 10.3. The Hall–Kier alpha value is -3.98. The summed E-state index contributed by atoms with van der Waals surface area (Å²) in [5.74, 6) is -3.80. The second kappa shape index (κ2) is 12.6. The normalized spacial score (nSPS) is 26.2. The fraction of sp³-hybridized carbons (Fsp3) is 0.314. The number of aromatic nitrogens is 1. The summed E-state index contributed by atoms with van der Waals surface area (Å²) in [7, 11) is 1.46. The van der Waals surface area contributed by atoms with Crippen molar-refractivity contribution < 1.29 is 37.0 Å². The van der Waals surface area contributed by atoms with Crippen LogP contribution in [0.1, 0.15) is 28.3 Å². The molecule has 8 rings (SSSR count). The number of imide groups is 1. The minimum absolute atomic E-state index is 0.180. The molecule has 264 valence electrons. The number of nitrogens with one attached hydrogen (secondary N) is 2. The van der Waals surface area contributed by atoms with Gasteiger partial charge in [0.25, 0.3) is 5.91 Å². The Bertz CT molecular complexity index is 2180. The number of alkyl halides is 3. The molecule has 1 aromatic heterocycles. The number of para-hydroxylation sites is 1. The molecule has 0 spiro atoms. The van der Waals surface area contributed by atoms with E-state index in [4.69, 9.17) is 32.7 Å². The maximum atomic E-state index is 14.0. The molecule has 2 aliphatic carbocycles. The number of carbonyl (C=O) groups excluding carboxylic acids is 3. The van der Waals surface area contributed by atoms with Crippen molar-refractivity contribution in [3.63, 3.8) is 0 Å². The molecular formula is C35H26Cl2F3N3O6S2. The first-order chi connectivity index (χ1) is 24.3. The second-order valence-corrected chi connectivity index (χ2v) is 15.9. The average molecular weight is 777 g/mol. The van der Waals surface area contributed by atoms with Crippen LogP contribution in [-0.2, 0) is 20.6 Å². The van der Waals surface area contributed by atoms with Gasteiger partial charge in [-0.15, -0.1) is 11.8 Å². The SMILES string of the molecule is COc1cc([C@H]2c3sc(=O)[nH]c3SC3C4CC(C5C(=O)N(c6ccccc6C(F)(F)F)C(=O)C45)C32)ccc1OCC(=O)Nc1ccc(Cl)c(Cl)c1. The van der Waals surface area contributed by atoms with Crippen LogP contribution in [0, 0.1) is 29.6 Å². The van der Waals surface area contributed by atoms with E-state index in [2.05, 4.69) is 10.3 Å². The Morgan fingerprint density at radius 3 is 2.45 bits per heavy atom. The maximum absolute atomic E-state index is 14.0. The molecule has 3 aromatic carbocycles. The predicted octanol–water partition coefficient (Wildman–Crippen LogP) is 7.47. The summed E-state index contributed by atoms with van der Waals surface area (Å²) in [5, 5.41) is 3.82. The highest BCUT2D eigenvalue weighted by atomic mass is 35.5. The number of carbonyl (C=O) groups is 3. The van der Waals surface area contributed by atoms with Crippen molar-refractivity contribution in [1.82, 2.24) is 4.98 Å². The number of hydrogen-bond donors (Lipinski definition) is 2. The fourth-order valence-corrected chi connectivity index (χ4v) is 11.6. The Morgan fingerprint density at radius 1 is 0.980 bits per heavy atom. The molecule has 16 heteroatoms. The zero-order valence-electron chi connectivity index (χ0n) is 26.3. The van der Waals surface area contributed by atoms with Crippen LogP contribution >= 0.6 is 46.3 Å². The summed E-state index contributed by atoms with van der Waals surface area (Å²) >= 11 is 14.5. The largest absolute Gasteiger partial charge is 0.493 e. The number of halogens is 5. The molecule has 3 fully saturated rings. The number of methoxy groups -OCH3 is 1. The van der Waals surface area contributed by atoms with E-state index in [1.807, 2.05) is 6.07 Å². The Labute approximate surface area is 306 Å². The standard InChI is InChI=1S/C35H26Cl2F3N3O6S2/c1-48-23-10-14(6-9-22(23)49-13-24(44)41-15-7-8-19(36)20(37)11-15)25-26-16-12-17(29(26)50-31-30(25)51-34(47)42-31)28-27(16)32(45)43(33(28)46)21-5-3-2-4-18(21)35(38,39)40/h2-11,16-17,25-29H,12-13H2,1H3,(H,41,44)(H,42,47)/t16?,17?,25-,26?,27?,28?,29?/m1/s1. The van der Waals surface area contributed by atoms with Crippen molar-refractivity contribution in [2.75, 3.05) is 23.9 Å². The molecule has 6 unspecified atom stereocenters. The lowest BCUT2D eigenvalue weighted by Crippen LogP contribution is -2.42. The molecule has 4 aromatic rings. The Morgan fingerprint density at radius 2 is 1.73 bits per heavy atom. The Balaban J connectivity index is 1.09. The fourth-order valence-electron chi connectivity index (χ4n) is 8.45. The van der Waals surface area contributed by atoms with Crippen molar-refractivity contribution in [2.24, 2.45) is 29.6 Å². The van der Waals surface area contributed by atoms with Crippen molar-refractivity contribution in [3.05, 3.63) is 96.4 Å². The van der Waals surface area contributed by atoms with Gasteiger partial charge in [0.05, 0.1) is 45.3 Å². The number of amides is 3. The number of benzene rings is 3. The molecule has 2 saturated carbocycles. The highest BCUT2D eigenvalue weighted by Crippen LogP contribution is 2.69. The number of thiazole rings is 1. The zero-order valence-corrected chi connectivity index (χ0v) is 29.5. The molecule has 9 nitrogen and oxygen atoms in total. The first-order valence-electron chi connectivity index (χ1n) is 15.8. The van der Waals surface area contributed by atoms with Crippen LogP contribution in [0.3, 0.4) is 0 Å². The number of H-pyrrole nitrogens is 1. The third-order valence-corrected chi connectivity index (χ3v) is 13.6. The van der Waals surface area contributed by atoms with Crippen LogP contribution in [0.25, 0.3) is 0 Å². The van der Waals surface area contributed by atoms with E-state index >= 15 is 0 Å². The van der Waals surface area contributed by atoms with Crippen LogP contribution in [-0.4, -0.2) is 41.7 Å². The topological polar surface area (TPSA) is 118 Å². The van der Waals surface area contributed by atoms with Crippen LogP contribution in [0.15, 0.2) is 70.5 Å². The Kier molecular flexibility index (Phi) is 8.43. The van der Waals surface area contributed by atoms with Crippen molar-refractivity contribution in [3.8, 4) is 11.5 Å². The van der Waals surface area contributed by atoms with E-state index in [9.17, 15) is 32.3 Å². The van der Waals surface area contributed by atoms with Crippen molar-refractivity contribution >= 4 is 75.4 Å². The van der Waals surface area contributed by atoms with Gasteiger partial charge in [-0.2, -0.15) is 13.2 Å². The molecule has 51 heavy (non-hydrogen) atoms. The van der Waals surface area contributed by atoms with Crippen LogP contribution in [0.4, 0.5) is 24.5 Å². The van der Waals surface area contributed by atoms with Gasteiger partial charge >= 0.3 is 11.0 Å². The summed E-state index contributed by atoms with van der Waals surface area (Å²) in [6.45, 7) is -0.346. The van der Waals surface area contributed by atoms with Crippen molar-refractivity contribution in [2.45, 2.75) is 28.8 Å². The van der Waals surface area contributed by atoms with E-state index in [-0.39, 0.29) is 45.4 Å². The number of nitrogens with zero attached hydrogens (tertiary/aromatic N) is 1. The van der Waals surface area contributed by atoms with Gasteiger partial charge in [0.2, 0.25) is 11.8 Å². The maximum Gasteiger partial charge on any atom is 0.418 e. The van der Waals surface area contributed by atoms with Gasteiger partial charge in [-0.3, -0.25) is 19.2 Å². The lowest BCUT2D eigenvalue weighted by molar-refractivity contribution is -0.137. The van der Waals surface area contributed by atoms with E-state index in [1.165, 1.54) is 43.1 Å². The molecule has 3 heterocycles. The second-order valence-electron chi connectivity index (χ2n) is 12.9. The molecule has 3 amide bonds. The minimum atomic E-state index is -4.76. The summed E-state index contributed by atoms with van der Waals surface area (Å²) in [6.07, 6.45) is -4.20. The summed E-state index contributed by atoms with van der Waals surface area (Å²) in [6, 6.07) is 14.6. The smallest absolute Gasteiger partial charge is 0.418 e. The van der Waals surface area contributed by atoms with Crippen LogP contribution in [0.2, 0.25) is 10.0 Å². The molecule has 2 aliphatic heterocycles. The minimum Gasteiger partial charge on any atom is -0.493 e. The van der Waals surface area contributed by atoms with Crippen molar-refractivity contribution in [1.29, 1.82) is 0 Å². The molecule has 1 saturated heterocycles. The molecule has 4 aliphatic rings. The average Bonchev–Trinajstić information content (AvgIpc) is 3.83. The van der Waals surface area contributed by atoms with Gasteiger partial charge in [-0.25, -0.2) is 4.90 Å². The first kappa shape index (κ1) is 34.1. The highest BCUT2D eigenvalue weighted by molar-refractivity contribution is 8.00. The molecular weight excluding hydrogens is 750 g/mol. The van der Waals surface area contributed by atoms with Gasteiger partial charge in [0.1, 0.15) is 0 Å². The van der Waals surface area contributed by atoms with Crippen LogP contribution in [0.5, 0.6) is 11.5 Å². The summed E-state index contributed by atoms with van der Waals surface area (Å²) < 4.78 is 53.5. The molecule has 0 radical (unpaired) electrons. The number of ether oxygens (including phenoxy) is 2. The molecule has 2 N–H and O–H groups in total. The number of anilines is 2. The van der Waals surface area contributed by atoms with Gasteiger partial charge in [0.15, 0.2) is 18.1 Å². The van der Waals surface area contributed by atoms with Crippen LogP contribution < -0.4 is 24.6 Å². The summed E-state index contributed by atoms with van der Waals surface area (Å²) in [5.41, 5.74) is -0.277. The van der Waals surface area contributed by atoms with Gasteiger partial charge in [-0.05, 0) is 72.2 Å². The zero-order chi connectivity index (χ0) is 35.9. The number of hydrogen-bond acceptors (Lipinski definition) is 8. The quantitative estimate of drug-likeness (QED) is 0.187. The molecule has 7 atom stereocenters. The highest BCUT2D eigenvalue weighted by Gasteiger charge is 2.70. The first-order valence-corrected chi connectivity index (χ1v) is 18.3. The molecule has 2 bridgehead atoms. The third kappa shape index (κ3) is 5.62. The number of rotatable bonds is 7. The number of aromatic amines is 1. The van der Waals surface area contributed by atoms with Gasteiger partial charge < -0.3 is 19.8 Å². The number of fused-ring (bicyclic) bond motifs is 9. The van der Waals surface area contributed by atoms with Gasteiger partial charge in [0, 0.05) is 21.7 Å².